The summed E-state index contributed by atoms with van der Waals surface area (Å²) >= 11 is 5.80. The van der Waals surface area contributed by atoms with Gasteiger partial charge in [0.1, 0.15) is 16.7 Å². The van der Waals surface area contributed by atoms with E-state index in [1.54, 1.807) is 0 Å². The third kappa shape index (κ3) is 2.88. The van der Waals surface area contributed by atoms with Crippen LogP contribution in [0.5, 0.6) is 11.5 Å². The van der Waals surface area contributed by atoms with Crippen LogP contribution in [-0.4, -0.2) is 5.17 Å². The van der Waals surface area contributed by atoms with Crippen LogP contribution in [0.1, 0.15) is 18.1 Å². The van der Waals surface area contributed by atoms with Crippen LogP contribution in [-0.2, 0) is 4.84 Å². The summed E-state index contributed by atoms with van der Waals surface area (Å²) in [5, 5.41) is 4.24. The minimum atomic E-state index is -0.0849. The predicted molar refractivity (Wildman–Crippen MR) is 74.7 cm³/mol. The molecule has 1 atom stereocenters. The summed E-state index contributed by atoms with van der Waals surface area (Å²) in [5.41, 5.74) is 1.04. The number of para-hydroxylation sites is 1. The fourth-order valence-corrected chi connectivity index (χ4v) is 2.08. The molecule has 0 unspecified atom stereocenters. The van der Waals surface area contributed by atoms with Gasteiger partial charge < -0.3 is 9.57 Å². The molecule has 4 heteroatoms. The van der Waals surface area contributed by atoms with Crippen molar-refractivity contribution < 1.29 is 9.57 Å². The molecule has 0 spiro atoms. The van der Waals surface area contributed by atoms with Gasteiger partial charge in [-0.2, -0.15) is 0 Å². The molecule has 0 N–H and O–H groups in total. The lowest BCUT2D eigenvalue weighted by Crippen LogP contribution is -1.96. The number of nitrogens with zero attached hydrogens (tertiary/aromatic N) is 1. The molecule has 0 fully saturated rings. The van der Waals surface area contributed by atoms with E-state index in [9.17, 15) is 0 Å². The molecule has 1 aliphatic heterocycles. The molecule has 3 rings (SSSR count). The normalized spacial score (nSPS) is 17.7. The van der Waals surface area contributed by atoms with E-state index in [1.807, 2.05) is 54.6 Å². The van der Waals surface area contributed by atoms with E-state index in [0.29, 0.717) is 11.6 Å². The third-order valence-electron chi connectivity index (χ3n) is 2.86. The van der Waals surface area contributed by atoms with Gasteiger partial charge in [-0.15, -0.1) is 0 Å². The lowest BCUT2D eigenvalue weighted by Gasteiger charge is -2.10. The topological polar surface area (TPSA) is 30.8 Å². The molecule has 3 nitrogen and oxygen atoms in total. The van der Waals surface area contributed by atoms with Gasteiger partial charge in [0.25, 0.3) is 0 Å². The molecule has 96 valence electrons. The van der Waals surface area contributed by atoms with Crippen LogP contribution < -0.4 is 4.74 Å². The zero-order valence-corrected chi connectivity index (χ0v) is 10.9. The van der Waals surface area contributed by atoms with Gasteiger partial charge >= 0.3 is 0 Å². The zero-order valence-electron chi connectivity index (χ0n) is 10.1. The first-order valence-electron chi connectivity index (χ1n) is 6.02. The first kappa shape index (κ1) is 12.1. The Morgan fingerprint density at radius 2 is 1.68 bits per heavy atom. The van der Waals surface area contributed by atoms with Crippen molar-refractivity contribution in [3.8, 4) is 11.5 Å². The summed E-state index contributed by atoms with van der Waals surface area (Å²) in [7, 11) is 0. The van der Waals surface area contributed by atoms with Crippen molar-refractivity contribution in [1.82, 2.24) is 0 Å². The van der Waals surface area contributed by atoms with E-state index in [2.05, 4.69) is 5.16 Å². The Bertz CT molecular complexity index is 581. The highest BCUT2D eigenvalue weighted by Crippen LogP contribution is 2.30. The second-order valence-corrected chi connectivity index (χ2v) is 4.69. The Balaban J connectivity index is 1.69. The molecule has 2 aromatic rings. The quantitative estimate of drug-likeness (QED) is 0.825. The molecule has 0 aliphatic carbocycles. The van der Waals surface area contributed by atoms with E-state index in [4.69, 9.17) is 21.2 Å². The molecule has 0 aromatic heterocycles. The second-order valence-electron chi connectivity index (χ2n) is 4.25. The van der Waals surface area contributed by atoms with Crippen LogP contribution in [0.2, 0.25) is 0 Å². The Kier molecular flexibility index (Phi) is 3.38. The van der Waals surface area contributed by atoms with E-state index < -0.39 is 0 Å². The first-order valence-corrected chi connectivity index (χ1v) is 6.40. The van der Waals surface area contributed by atoms with Gasteiger partial charge in [0.15, 0.2) is 6.10 Å². The van der Waals surface area contributed by atoms with Crippen molar-refractivity contribution in [2.24, 2.45) is 5.16 Å². The van der Waals surface area contributed by atoms with Gasteiger partial charge in [-0.1, -0.05) is 47.1 Å². The third-order valence-corrected chi connectivity index (χ3v) is 3.09. The fourth-order valence-electron chi connectivity index (χ4n) is 1.90. The average molecular weight is 274 g/mol. The maximum Gasteiger partial charge on any atom is 0.159 e. The Morgan fingerprint density at radius 1 is 1.00 bits per heavy atom. The largest absolute Gasteiger partial charge is 0.457 e. The number of hydrogen-bond acceptors (Lipinski definition) is 3. The molecule has 0 saturated carbocycles. The van der Waals surface area contributed by atoms with E-state index in [1.165, 1.54) is 0 Å². The van der Waals surface area contributed by atoms with Crippen LogP contribution in [0.25, 0.3) is 0 Å². The van der Waals surface area contributed by atoms with Gasteiger partial charge in [0, 0.05) is 6.42 Å². The summed E-state index contributed by atoms with van der Waals surface area (Å²) in [6, 6.07) is 17.4. The predicted octanol–water partition coefficient (Wildman–Crippen LogP) is 4.49. The number of oxime groups is 1. The highest BCUT2D eigenvalue weighted by Gasteiger charge is 2.21. The lowest BCUT2D eigenvalue weighted by atomic mass is 10.1. The van der Waals surface area contributed by atoms with E-state index in [-0.39, 0.29) is 6.10 Å². The maximum absolute atomic E-state index is 5.80. The van der Waals surface area contributed by atoms with E-state index >= 15 is 0 Å². The zero-order chi connectivity index (χ0) is 13.1. The SMILES string of the molecule is ClC1=NO[C@@H](c2ccc(Oc3ccccc3)cc2)C1. The van der Waals surface area contributed by atoms with Crippen molar-refractivity contribution in [1.29, 1.82) is 0 Å². The molecule has 2 aromatic carbocycles. The molecule has 0 bridgehead atoms. The minimum Gasteiger partial charge on any atom is -0.457 e. The van der Waals surface area contributed by atoms with Crippen molar-refractivity contribution in [3.63, 3.8) is 0 Å². The number of hydrogen-bond donors (Lipinski definition) is 0. The van der Waals surface area contributed by atoms with Crippen LogP contribution in [0.3, 0.4) is 0 Å². The van der Waals surface area contributed by atoms with Gasteiger partial charge in [0.05, 0.1) is 0 Å². The summed E-state index contributed by atoms with van der Waals surface area (Å²) < 4.78 is 5.72. The molecule has 19 heavy (non-hydrogen) atoms. The Hall–Kier alpha value is -2.00. The number of ether oxygens (including phenoxy) is 1. The molecular weight excluding hydrogens is 262 g/mol. The molecule has 0 amide bonds. The van der Waals surface area contributed by atoms with Crippen LogP contribution in [0.15, 0.2) is 59.8 Å². The Labute approximate surface area is 116 Å². The van der Waals surface area contributed by atoms with Gasteiger partial charge in [-0.25, -0.2) is 0 Å². The summed E-state index contributed by atoms with van der Waals surface area (Å²) in [6.45, 7) is 0. The van der Waals surface area contributed by atoms with Gasteiger partial charge in [0.2, 0.25) is 0 Å². The standard InChI is InChI=1S/C15H12ClNO2/c16-15-10-14(19-17-15)11-6-8-13(9-7-11)18-12-4-2-1-3-5-12/h1-9,14H,10H2/t14-/m1/s1. The molecular formula is C15H12ClNO2. The summed E-state index contributed by atoms with van der Waals surface area (Å²) in [4.78, 5) is 5.22. The lowest BCUT2D eigenvalue weighted by molar-refractivity contribution is 0.0857. The summed E-state index contributed by atoms with van der Waals surface area (Å²) in [5.74, 6) is 1.61. The monoisotopic (exact) mass is 273 g/mol. The average Bonchev–Trinajstić information content (AvgIpc) is 2.87. The van der Waals surface area contributed by atoms with Gasteiger partial charge in [-0.05, 0) is 29.8 Å². The summed E-state index contributed by atoms with van der Waals surface area (Å²) in [6.07, 6.45) is 0.541. The molecule has 1 aliphatic rings. The van der Waals surface area contributed by atoms with E-state index in [0.717, 1.165) is 17.1 Å². The van der Waals surface area contributed by atoms with Crippen LogP contribution in [0, 0.1) is 0 Å². The highest BCUT2D eigenvalue weighted by atomic mass is 35.5. The highest BCUT2D eigenvalue weighted by molar-refractivity contribution is 6.65. The minimum absolute atomic E-state index is 0.0849. The van der Waals surface area contributed by atoms with Crippen molar-refractivity contribution in [2.45, 2.75) is 12.5 Å². The van der Waals surface area contributed by atoms with Crippen LogP contribution >= 0.6 is 11.6 Å². The molecule has 0 radical (unpaired) electrons. The second kappa shape index (κ2) is 5.33. The number of rotatable bonds is 3. The first-order chi connectivity index (χ1) is 9.31. The smallest absolute Gasteiger partial charge is 0.159 e. The number of benzene rings is 2. The number of halogens is 1. The Morgan fingerprint density at radius 3 is 2.32 bits per heavy atom. The molecule has 1 heterocycles. The van der Waals surface area contributed by atoms with Crippen molar-refractivity contribution >= 4 is 16.8 Å². The molecule has 0 saturated heterocycles. The van der Waals surface area contributed by atoms with Crippen molar-refractivity contribution in [2.75, 3.05) is 0 Å². The van der Waals surface area contributed by atoms with Crippen LogP contribution in [0.4, 0.5) is 0 Å². The van der Waals surface area contributed by atoms with Crippen molar-refractivity contribution in [3.05, 3.63) is 60.2 Å². The maximum atomic E-state index is 5.80. The fraction of sp³-hybridized carbons (Fsp3) is 0.133. The van der Waals surface area contributed by atoms with Gasteiger partial charge in [-0.3, -0.25) is 0 Å².